The van der Waals surface area contributed by atoms with E-state index in [4.69, 9.17) is 4.74 Å². The molecule has 0 amide bonds. The Morgan fingerprint density at radius 2 is 1.94 bits per heavy atom. The molecule has 0 heterocycles. The van der Waals surface area contributed by atoms with Gasteiger partial charge in [0.15, 0.2) is 5.96 Å². The highest BCUT2D eigenvalue weighted by Gasteiger charge is 1.99. The predicted octanol–water partition coefficient (Wildman–Crippen LogP) is 2.02. The number of hydrogen-bond acceptors (Lipinski definition) is 2. The first-order valence-corrected chi connectivity index (χ1v) is 6.26. The molecule has 1 rings (SSSR count). The molecule has 0 aliphatic carbocycles. The van der Waals surface area contributed by atoms with Crippen LogP contribution in [0.1, 0.15) is 19.4 Å². The lowest BCUT2D eigenvalue weighted by Crippen LogP contribution is -2.34. The molecule has 2 N–H and O–H groups in total. The Hall–Kier alpha value is -1.71. The summed E-state index contributed by atoms with van der Waals surface area (Å²) in [7, 11) is 3.60. The summed E-state index contributed by atoms with van der Waals surface area (Å²) >= 11 is 0. The van der Waals surface area contributed by atoms with Crippen LogP contribution in [0.5, 0.6) is 5.75 Å². The molecule has 0 bridgehead atoms. The predicted molar refractivity (Wildman–Crippen MR) is 76.0 cm³/mol. The van der Waals surface area contributed by atoms with Crippen LogP contribution >= 0.6 is 0 Å². The number of benzene rings is 1. The minimum absolute atomic E-state index is 0.547. The van der Waals surface area contributed by atoms with Crippen LogP contribution in [0.4, 0.5) is 0 Å². The minimum atomic E-state index is 0.547. The number of rotatable bonds is 5. The van der Waals surface area contributed by atoms with Gasteiger partial charge >= 0.3 is 0 Å². The Morgan fingerprint density at radius 1 is 1.28 bits per heavy atom. The van der Waals surface area contributed by atoms with Crippen LogP contribution in [0.3, 0.4) is 0 Å². The lowest BCUT2D eigenvalue weighted by Gasteiger charge is -2.10. The second-order valence-corrected chi connectivity index (χ2v) is 4.52. The average Bonchev–Trinajstić information content (AvgIpc) is 2.39. The smallest absolute Gasteiger partial charge is 0.190 e. The van der Waals surface area contributed by atoms with Crippen LogP contribution in [-0.2, 0) is 6.54 Å². The van der Waals surface area contributed by atoms with Crippen molar-refractivity contribution in [2.24, 2.45) is 10.9 Å². The Kier molecular flexibility index (Phi) is 6.05. The molecule has 18 heavy (non-hydrogen) atoms. The maximum absolute atomic E-state index is 5.63. The number of aliphatic imine (C=N–C) groups is 1. The van der Waals surface area contributed by atoms with Crippen LogP contribution in [0.15, 0.2) is 29.3 Å². The number of nitrogens with zero attached hydrogens (tertiary/aromatic N) is 1. The van der Waals surface area contributed by atoms with Gasteiger partial charge in [-0.05, 0) is 23.6 Å². The van der Waals surface area contributed by atoms with Crippen LogP contribution in [-0.4, -0.2) is 26.7 Å². The molecule has 100 valence electrons. The van der Waals surface area contributed by atoms with Gasteiger partial charge in [-0.1, -0.05) is 26.0 Å². The number of ether oxygens (including phenoxy) is 1. The Bertz CT molecular complexity index is 371. The minimum Gasteiger partial charge on any atom is -0.493 e. The summed E-state index contributed by atoms with van der Waals surface area (Å²) < 4.78 is 5.63. The lowest BCUT2D eigenvalue weighted by molar-refractivity contribution is 0.271. The standard InChI is InChI=1S/C14H23N3O/c1-11(2)10-18-13-7-5-12(6-8-13)9-17-14(15-3)16-4/h5-8,11H,9-10H2,1-4H3,(H2,15,16,17). The SMILES string of the molecule is CN=C(NC)NCc1ccc(OCC(C)C)cc1. The summed E-state index contributed by atoms with van der Waals surface area (Å²) in [5.74, 6) is 2.26. The molecule has 0 spiro atoms. The molecule has 0 aliphatic heterocycles. The van der Waals surface area contributed by atoms with E-state index in [-0.39, 0.29) is 0 Å². The first-order chi connectivity index (χ1) is 8.65. The second kappa shape index (κ2) is 7.58. The Morgan fingerprint density at radius 3 is 2.44 bits per heavy atom. The van der Waals surface area contributed by atoms with Crippen molar-refractivity contribution in [2.45, 2.75) is 20.4 Å². The van der Waals surface area contributed by atoms with Gasteiger partial charge in [0.25, 0.3) is 0 Å². The largest absolute Gasteiger partial charge is 0.493 e. The van der Waals surface area contributed by atoms with E-state index in [0.717, 1.165) is 24.9 Å². The quantitative estimate of drug-likeness (QED) is 0.620. The van der Waals surface area contributed by atoms with Gasteiger partial charge in [0, 0.05) is 20.6 Å². The molecule has 0 saturated carbocycles. The van der Waals surface area contributed by atoms with E-state index in [2.05, 4.69) is 41.6 Å². The molecule has 4 nitrogen and oxygen atoms in total. The molecule has 0 unspecified atom stereocenters. The van der Waals surface area contributed by atoms with Crippen molar-refractivity contribution in [3.63, 3.8) is 0 Å². The molecular weight excluding hydrogens is 226 g/mol. The third kappa shape index (κ3) is 5.08. The van der Waals surface area contributed by atoms with Gasteiger partial charge in [-0.2, -0.15) is 0 Å². The van der Waals surface area contributed by atoms with E-state index < -0.39 is 0 Å². The zero-order valence-corrected chi connectivity index (χ0v) is 11.7. The number of guanidine groups is 1. The molecule has 4 heteroatoms. The molecule has 0 saturated heterocycles. The highest BCUT2D eigenvalue weighted by molar-refractivity contribution is 5.79. The summed E-state index contributed by atoms with van der Waals surface area (Å²) in [6.45, 7) is 5.78. The summed E-state index contributed by atoms with van der Waals surface area (Å²) in [5, 5.41) is 6.18. The summed E-state index contributed by atoms with van der Waals surface area (Å²) in [6, 6.07) is 8.13. The monoisotopic (exact) mass is 249 g/mol. The topological polar surface area (TPSA) is 45.7 Å². The molecule has 1 aromatic rings. The lowest BCUT2D eigenvalue weighted by atomic mass is 10.2. The molecule has 1 aromatic carbocycles. The van der Waals surface area contributed by atoms with E-state index in [1.807, 2.05) is 19.2 Å². The van der Waals surface area contributed by atoms with E-state index in [1.165, 1.54) is 5.56 Å². The van der Waals surface area contributed by atoms with Crippen molar-refractivity contribution in [2.75, 3.05) is 20.7 Å². The fraction of sp³-hybridized carbons (Fsp3) is 0.500. The maximum Gasteiger partial charge on any atom is 0.190 e. The summed E-state index contributed by atoms with van der Waals surface area (Å²) in [6.07, 6.45) is 0. The third-order valence-electron chi connectivity index (χ3n) is 2.43. The van der Waals surface area contributed by atoms with Crippen molar-refractivity contribution in [3.05, 3.63) is 29.8 Å². The highest BCUT2D eigenvalue weighted by atomic mass is 16.5. The molecule has 0 radical (unpaired) electrons. The van der Waals surface area contributed by atoms with Crippen molar-refractivity contribution in [1.29, 1.82) is 0 Å². The first-order valence-electron chi connectivity index (χ1n) is 6.26. The zero-order chi connectivity index (χ0) is 13.4. The van der Waals surface area contributed by atoms with Crippen molar-refractivity contribution in [1.82, 2.24) is 10.6 Å². The molecule has 0 fully saturated rings. The molecule has 0 atom stereocenters. The number of nitrogens with one attached hydrogen (secondary N) is 2. The van der Waals surface area contributed by atoms with Gasteiger partial charge in [0.2, 0.25) is 0 Å². The Balaban J connectivity index is 2.45. The Labute approximate surface area is 109 Å². The van der Waals surface area contributed by atoms with E-state index >= 15 is 0 Å². The van der Waals surface area contributed by atoms with Gasteiger partial charge in [-0.25, -0.2) is 0 Å². The van der Waals surface area contributed by atoms with Gasteiger partial charge < -0.3 is 15.4 Å². The van der Waals surface area contributed by atoms with Crippen LogP contribution in [0.2, 0.25) is 0 Å². The average molecular weight is 249 g/mol. The van der Waals surface area contributed by atoms with Gasteiger partial charge in [0.1, 0.15) is 5.75 Å². The summed E-state index contributed by atoms with van der Waals surface area (Å²) in [4.78, 5) is 4.06. The van der Waals surface area contributed by atoms with Crippen LogP contribution < -0.4 is 15.4 Å². The van der Waals surface area contributed by atoms with Crippen molar-refractivity contribution >= 4 is 5.96 Å². The molecular formula is C14H23N3O. The van der Waals surface area contributed by atoms with Gasteiger partial charge in [0.05, 0.1) is 6.61 Å². The highest BCUT2D eigenvalue weighted by Crippen LogP contribution is 2.13. The van der Waals surface area contributed by atoms with Crippen molar-refractivity contribution < 1.29 is 4.74 Å². The fourth-order valence-corrected chi connectivity index (χ4v) is 1.43. The van der Waals surface area contributed by atoms with Gasteiger partial charge in [-0.15, -0.1) is 0 Å². The summed E-state index contributed by atoms with van der Waals surface area (Å²) in [5.41, 5.74) is 1.20. The van der Waals surface area contributed by atoms with E-state index in [1.54, 1.807) is 7.05 Å². The van der Waals surface area contributed by atoms with Crippen molar-refractivity contribution in [3.8, 4) is 5.75 Å². The van der Waals surface area contributed by atoms with Gasteiger partial charge in [-0.3, -0.25) is 4.99 Å². The molecule has 0 aliphatic rings. The number of hydrogen-bond donors (Lipinski definition) is 2. The van der Waals surface area contributed by atoms with Crippen LogP contribution in [0.25, 0.3) is 0 Å². The second-order valence-electron chi connectivity index (χ2n) is 4.52. The van der Waals surface area contributed by atoms with Crippen LogP contribution in [0, 0.1) is 5.92 Å². The molecule has 0 aromatic heterocycles. The first kappa shape index (κ1) is 14.4. The maximum atomic E-state index is 5.63. The normalized spacial score (nSPS) is 11.5. The van der Waals surface area contributed by atoms with E-state index in [0.29, 0.717) is 5.92 Å². The zero-order valence-electron chi connectivity index (χ0n) is 11.7. The third-order valence-corrected chi connectivity index (χ3v) is 2.43. The fourth-order valence-electron chi connectivity index (χ4n) is 1.43. The van der Waals surface area contributed by atoms with E-state index in [9.17, 15) is 0 Å².